The van der Waals surface area contributed by atoms with Gasteiger partial charge in [-0.3, -0.25) is 4.79 Å². The largest absolute Gasteiger partial charge is 0.480 e. The lowest BCUT2D eigenvalue weighted by Crippen LogP contribution is -2.41. The van der Waals surface area contributed by atoms with Crippen LogP contribution in [-0.4, -0.2) is 43.5 Å². The van der Waals surface area contributed by atoms with E-state index in [4.69, 9.17) is 5.11 Å². The number of benzene rings is 1. The van der Waals surface area contributed by atoms with Gasteiger partial charge in [-0.05, 0) is 18.1 Å². The first-order valence-electron chi connectivity index (χ1n) is 6.22. The molecule has 0 aliphatic heterocycles. The minimum Gasteiger partial charge on any atom is -0.480 e. The predicted molar refractivity (Wildman–Crippen MR) is 79.4 cm³/mol. The molecule has 6 nitrogen and oxygen atoms in total. The molecular formula is C14H17NO5S. The number of amides is 1. The number of sulfone groups is 1. The summed E-state index contributed by atoms with van der Waals surface area (Å²) in [5.74, 6) is -2.15. The Balaban J connectivity index is 2.61. The standard InChI is InChI=1S/C14H17NO5S/c1-21(19,20)10-9-12(14(17)18)15-13(16)8-7-11-5-3-2-4-6-11/h2-8,12H,9-10H2,1H3,(H,15,16)(H,17,18)/b8-7+. The van der Waals surface area contributed by atoms with Crippen molar-refractivity contribution in [3.05, 3.63) is 42.0 Å². The SMILES string of the molecule is CS(=O)(=O)CCC(NC(=O)/C=C/c1ccccc1)C(=O)O. The Morgan fingerprint density at radius 1 is 1.29 bits per heavy atom. The van der Waals surface area contributed by atoms with E-state index in [1.807, 2.05) is 18.2 Å². The fourth-order valence-corrected chi connectivity index (χ4v) is 2.21. The summed E-state index contributed by atoms with van der Waals surface area (Å²) in [5, 5.41) is 11.2. The highest BCUT2D eigenvalue weighted by Crippen LogP contribution is 2.01. The zero-order chi connectivity index (χ0) is 15.9. The van der Waals surface area contributed by atoms with E-state index in [0.717, 1.165) is 11.8 Å². The summed E-state index contributed by atoms with van der Waals surface area (Å²) >= 11 is 0. The Labute approximate surface area is 123 Å². The average Bonchev–Trinajstić information content (AvgIpc) is 2.41. The normalized spacial score (nSPS) is 13.0. The number of hydrogen-bond acceptors (Lipinski definition) is 4. The predicted octanol–water partition coefficient (Wildman–Crippen LogP) is 0.704. The van der Waals surface area contributed by atoms with Gasteiger partial charge in [-0.1, -0.05) is 30.3 Å². The third kappa shape index (κ3) is 7.26. The van der Waals surface area contributed by atoms with E-state index >= 15 is 0 Å². The van der Waals surface area contributed by atoms with Gasteiger partial charge < -0.3 is 10.4 Å². The van der Waals surface area contributed by atoms with Crippen LogP contribution in [0.5, 0.6) is 0 Å². The number of nitrogens with one attached hydrogen (secondary N) is 1. The van der Waals surface area contributed by atoms with Crippen LogP contribution >= 0.6 is 0 Å². The summed E-state index contributed by atoms with van der Waals surface area (Å²) in [6.45, 7) is 0. The molecule has 7 heteroatoms. The lowest BCUT2D eigenvalue weighted by Gasteiger charge is -2.12. The van der Waals surface area contributed by atoms with Gasteiger partial charge in [-0.2, -0.15) is 0 Å². The van der Waals surface area contributed by atoms with Crippen LogP contribution in [0.15, 0.2) is 36.4 Å². The Morgan fingerprint density at radius 2 is 1.90 bits per heavy atom. The third-order valence-electron chi connectivity index (χ3n) is 2.62. The highest BCUT2D eigenvalue weighted by Gasteiger charge is 2.20. The Hall–Kier alpha value is -2.15. The lowest BCUT2D eigenvalue weighted by molar-refractivity contribution is -0.141. The zero-order valence-corrected chi connectivity index (χ0v) is 12.3. The van der Waals surface area contributed by atoms with Crippen molar-refractivity contribution in [1.29, 1.82) is 0 Å². The van der Waals surface area contributed by atoms with Crippen molar-refractivity contribution in [2.75, 3.05) is 12.0 Å². The van der Waals surface area contributed by atoms with E-state index in [1.165, 1.54) is 6.08 Å². The molecule has 0 radical (unpaired) electrons. The number of carbonyl (C=O) groups excluding carboxylic acids is 1. The molecule has 0 bridgehead atoms. The number of hydrogen-bond donors (Lipinski definition) is 2. The number of rotatable bonds is 7. The molecule has 0 spiro atoms. The molecule has 114 valence electrons. The fourth-order valence-electron chi connectivity index (χ4n) is 1.55. The number of carboxylic acids is 1. The van der Waals surface area contributed by atoms with Crippen LogP contribution in [0.3, 0.4) is 0 Å². The van der Waals surface area contributed by atoms with Crippen LogP contribution in [0.1, 0.15) is 12.0 Å². The first kappa shape index (κ1) is 16.9. The van der Waals surface area contributed by atoms with Crippen molar-refractivity contribution in [2.45, 2.75) is 12.5 Å². The van der Waals surface area contributed by atoms with Gasteiger partial charge in [0.15, 0.2) is 0 Å². The van der Waals surface area contributed by atoms with Crippen molar-refractivity contribution >= 4 is 27.8 Å². The maximum atomic E-state index is 11.6. The molecule has 21 heavy (non-hydrogen) atoms. The Kier molecular flexibility index (Phi) is 6.10. The van der Waals surface area contributed by atoms with Crippen LogP contribution in [-0.2, 0) is 19.4 Å². The van der Waals surface area contributed by atoms with Gasteiger partial charge in [0.05, 0.1) is 5.75 Å². The van der Waals surface area contributed by atoms with Crippen LogP contribution in [0, 0.1) is 0 Å². The first-order valence-corrected chi connectivity index (χ1v) is 8.28. The van der Waals surface area contributed by atoms with E-state index in [-0.39, 0.29) is 12.2 Å². The number of aliphatic carboxylic acids is 1. The monoisotopic (exact) mass is 311 g/mol. The van der Waals surface area contributed by atoms with Crippen molar-refractivity contribution in [1.82, 2.24) is 5.32 Å². The summed E-state index contributed by atoms with van der Waals surface area (Å²) in [4.78, 5) is 22.6. The summed E-state index contributed by atoms with van der Waals surface area (Å²) in [6.07, 6.45) is 3.61. The minimum atomic E-state index is -3.28. The molecule has 0 saturated heterocycles. The van der Waals surface area contributed by atoms with Gasteiger partial charge >= 0.3 is 5.97 Å². The van der Waals surface area contributed by atoms with Crippen LogP contribution in [0.4, 0.5) is 0 Å². The minimum absolute atomic E-state index is 0.168. The van der Waals surface area contributed by atoms with Crippen molar-refractivity contribution in [3.63, 3.8) is 0 Å². The highest BCUT2D eigenvalue weighted by molar-refractivity contribution is 7.90. The highest BCUT2D eigenvalue weighted by atomic mass is 32.2. The molecule has 2 N–H and O–H groups in total. The number of carboxylic acid groups (broad SMARTS) is 1. The molecule has 1 aromatic rings. The maximum absolute atomic E-state index is 11.6. The quantitative estimate of drug-likeness (QED) is 0.722. The second-order valence-electron chi connectivity index (χ2n) is 4.56. The van der Waals surface area contributed by atoms with Gasteiger partial charge in [0.2, 0.25) is 5.91 Å². The molecule has 0 aliphatic carbocycles. The van der Waals surface area contributed by atoms with Gasteiger partial charge in [0.1, 0.15) is 15.9 Å². The topological polar surface area (TPSA) is 101 Å². The maximum Gasteiger partial charge on any atom is 0.326 e. The van der Waals surface area contributed by atoms with E-state index in [2.05, 4.69) is 5.32 Å². The van der Waals surface area contributed by atoms with Crippen molar-refractivity contribution in [2.24, 2.45) is 0 Å². The van der Waals surface area contributed by atoms with E-state index in [0.29, 0.717) is 0 Å². The molecular weight excluding hydrogens is 294 g/mol. The summed E-state index contributed by atoms with van der Waals surface area (Å²) in [6, 6.07) is 7.81. The first-order chi connectivity index (χ1) is 9.78. The third-order valence-corrected chi connectivity index (χ3v) is 3.60. The molecule has 1 amide bonds. The molecule has 0 heterocycles. The summed E-state index contributed by atoms with van der Waals surface area (Å²) in [5.41, 5.74) is 0.802. The molecule has 0 aliphatic rings. The second-order valence-corrected chi connectivity index (χ2v) is 6.82. The molecule has 1 aromatic carbocycles. The molecule has 0 aromatic heterocycles. The molecule has 1 rings (SSSR count). The van der Waals surface area contributed by atoms with Crippen molar-refractivity contribution < 1.29 is 23.1 Å². The number of carbonyl (C=O) groups is 2. The Morgan fingerprint density at radius 3 is 2.43 bits per heavy atom. The van der Waals surface area contributed by atoms with E-state index in [9.17, 15) is 18.0 Å². The van der Waals surface area contributed by atoms with Crippen LogP contribution in [0.2, 0.25) is 0 Å². The van der Waals surface area contributed by atoms with E-state index < -0.39 is 27.8 Å². The molecule has 0 saturated carbocycles. The van der Waals surface area contributed by atoms with Gasteiger partial charge in [0.25, 0.3) is 0 Å². The molecule has 1 atom stereocenters. The van der Waals surface area contributed by atoms with Crippen LogP contribution in [0.25, 0.3) is 6.08 Å². The average molecular weight is 311 g/mol. The van der Waals surface area contributed by atoms with Gasteiger partial charge in [0, 0.05) is 12.3 Å². The zero-order valence-electron chi connectivity index (χ0n) is 11.5. The van der Waals surface area contributed by atoms with Crippen LogP contribution < -0.4 is 5.32 Å². The van der Waals surface area contributed by atoms with Gasteiger partial charge in [-0.25, -0.2) is 13.2 Å². The second kappa shape index (κ2) is 7.58. The lowest BCUT2D eigenvalue weighted by atomic mass is 10.2. The van der Waals surface area contributed by atoms with Crippen molar-refractivity contribution in [3.8, 4) is 0 Å². The van der Waals surface area contributed by atoms with Gasteiger partial charge in [-0.15, -0.1) is 0 Å². The molecule has 0 fully saturated rings. The summed E-state index contributed by atoms with van der Waals surface area (Å²) < 4.78 is 22.1. The van der Waals surface area contributed by atoms with E-state index in [1.54, 1.807) is 18.2 Å². The molecule has 1 unspecified atom stereocenters. The summed E-state index contributed by atoms with van der Waals surface area (Å²) in [7, 11) is -3.28. The Bertz CT molecular complexity index is 622. The smallest absolute Gasteiger partial charge is 0.326 e. The fraction of sp³-hybridized carbons (Fsp3) is 0.286.